The van der Waals surface area contributed by atoms with Crippen molar-refractivity contribution in [3.63, 3.8) is 0 Å². The van der Waals surface area contributed by atoms with Gasteiger partial charge in [0, 0.05) is 0 Å². The minimum absolute atomic E-state index is 0.101. The van der Waals surface area contributed by atoms with Gasteiger partial charge in [0.2, 0.25) is 0 Å². The maximum Gasteiger partial charge on any atom is 0.309 e. The zero-order valence-corrected chi connectivity index (χ0v) is 18.0. The molecule has 0 aliphatic rings. The predicted molar refractivity (Wildman–Crippen MR) is 101 cm³/mol. The molecule has 0 heterocycles. The molecule has 0 unspecified atom stereocenters. The van der Waals surface area contributed by atoms with E-state index in [4.69, 9.17) is 4.74 Å². The number of phenolic OH excluding ortho intramolecular Hbond substituents is 1. The molecule has 8 heteroatoms. The summed E-state index contributed by atoms with van der Waals surface area (Å²) in [6.45, 7) is 0. The smallest absolute Gasteiger partial charge is 0.309 e. The van der Waals surface area contributed by atoms with E-state index >= 15 is 0 Å². The lowest BCUT2D eigenvalue weighted by atomic mass is 10.1. The highest BCUT2D eigenvalue weighted by Crippen LogP contribution is 2.41. The van der Waals surface area contributed by atoms with Gasteiger partial charge in [-0.25, -0.2) is 0 Å². The van der Waals surface area contributed by atoms with Crippen molar-refractivity contribution in [2.24, 2.45) is 0 Å². The highest BCUT2D eigenvalue weighted by molar-refractivity contribution is 9.11. The van der Waals surface area contributed by atoms with Gasteiger partial charge in [-0.3, -0.25) is 4.79 Å². The van der Waals surface area contributed by atoms with Crippen LogP contribution in [0.2, 0.25) is 0 Å². The van der Waals surface area contributed by atoms with Crippen LogP contribution in [0.25, 0.3) is 0 Å². The molecule has 0 aromatic heterocycles. The Morgan fingerprint density at radius 1 is 1.00 bits per heavy atom. The summed E-state index contributed by atoms with van der Waals surface area (Å²) >= 11 is 13.4. The van der Waals surface area contributed by atoms with E-state index < -0.39 is 0 Å². The molecule has 0 saturated heterocycles. The second kappa shape index (κ2) is 8.00. The van der Waals surface area contributed by atoms with E-state index in [1.165, 1.54) is 7.11 Å². The molecule has 0 amide bonds. The highest BCUT2D eigenvalue weighted by Gasteiger charge is 2.14. The molecule has 0 saturated carbocycles. The third kappa shape index (κ3) is 4.71. The molecule has 2 rings (SSSR count). The molecule has 0 spiro atoms. The van der Waals surface area contributed by atoms with E-state index in [0.717, 1.165) is 5.56 Å². The summed E-state index contributed by atoms with van der Waals surface area (Å²) in [7, 11) is 1.35. The van der Waals surface area contributed by atoms with Crippen molar-refractivity contribution in [3.05, 3.63) is 47.7 Å². The van der Waals surface area contributed by atoms with E-state index in [-0.39, 0.29) is 18.1 Å². The van der Waals surface area contributed by atoms with Crippen LogP contribution in [-0.2, 0) is 16.0 Å². The number of carbonyl (C=O) groups is 1. The van der Waals surface area contributed by atoms with Crippen molar-refractivity contribution in [1.82, 2.24) is 0 Å². The topological polar surface area (TPSA) is 55.8 Å². The first-order valence-corrected chi connectivity index (χ1v) is 9.39. The monoisotopic (exact) mass is 570 g/mol. The van der Waals surface area contributed by atoms with Gasteiger partial charge in [0.15, 0.2) is 5.75 Å². The lowest BCUT2D eigenvalue weighted by Gasteiger charge is -2.13. The van der Waals surface area contributed by atoms with Crippen LogP contribution in [0, 0.1) is 0 Å². The Balaban J connectivity index is 2.32. The third-order valence-corrected chi connectivity index (χ3v) is 5.23. The van der Waals surface area contributed by atoms with Gasteiger partial charge in [0.05, 0.1) is 31.4 Å². The summed E-state index contributed by atoms with van der Waals surface area (Å²) in [6.07, 6.45) is 0.171. The minimum atomic E-state index is -0.316. The van der Waals surface area contributed by atoms with E-state index in [9.17, 15) is 9.90 Å². The van der Waals surface area contributed by atoms with Gasteiger partial charge in [-0.1, -0.05) is 0 Å². The van der Waals surface area contributed by atoms with Crippen LogP contribution in [0.5, 0.6) is 17.2 Å². The fraction of sp³-hybridized carbons (Fsp3) is 0.133. The number of ether oxygens (including phenoxy) is 2. The maximum absolute atomic E-state index is 11.4. The second-order valence-corrected chi connectivity index (χ2v) is 7.90. The molecular formula is C15H10Br4O4. The average Bonchev–Trinajstić information content (AvgIpc) is 2.48. The summed E-state index contributed by atoms with van der Waals surface area (Å²) in [5.74, 6) is 0.875. The summed E-state index contributed by atoms with van der Waals surface area (Å²) in [6, 6.07) is 6.89. The Morgan fingerprint density at radius 3 is 2.00 bits per heavy atom. The van der Waals surface area contributed by atoms with Crippen LogP contribution in [-0.4, -0.2) is 18.2 Å². The fourth-order valence-corrected chi connectivity index (χ4v) is 4.36. The van der Waals surface area contributed by atoms with Crippen LogP contribution < -0.4 is 4.74 Å². The van der Waals surface area contributed by atoms with Crippen molar-refractivity contribution in [1.29, 1.82) is 0 Å². The summed E-state index contributed by atoms with van der Waals surface area (Å²) in [5.41, 5.74) is 0.788. The van der Waals surface area contributed by atoms with Crippen LogP contribution in [0.15, 0.2) is 42.2 Å². The maximum atomic E-state index is 11.4. The van der Waals surface area contributed by atoms with Gasteiger partial charge in [0.25, 0.3) is 0 Å². The van der Waals surface area contributed by atoms with Gasteiger partial charge in [-0.05, 0) is 93.5 Å². The predicted octanol–water partition coefficient (Wildman–Crippen LogP) is 5.95. The van der Waals surface area contributed by atoms with Crippen molar-refractivity contribution < 1.29 is 19.4 Å². The molecule has 1 N–H and O–H groups in total. The molecule has 2 aromatic rings. The second-order valence-electron chi connectivity index (χ2n) is 4.48. The standard InChI is InChI=1S/C15H10Br4O4/c1-22-13(20)4-7-2-11(18)15(12(19)3-7)23-8-5-9(16)14(21)10(17)6-8/h2-3,5-6,21H,4H2,1H3. The minimum Gasteiger partial charge on any atom is -0.506 e. The molecule has 2 aromatic carbocycles. The van der Waals surface area contributed by atoms with E-state index in [2.05, 4.69) is 68.5 Å². The Kier molecular flexibility index (Phi) is 6.53. The van der Waals surface area contributed by atoms with E-state index in [1.54, 1.807) is 24.3 Å². The molecule has 0 bridgehead atoms. The molecule has 23 heavy (non-hydrogen) atoms. The summed E-state index contributed by atoms with van der Waals surface area (Å²) < 4.78 is 12.9. The molecule has 122 valence electrons. The van der Waals surface area contributed by atoms with Gasteiger partial charge in [0.1, 0.15) is 11.5 Å². The Labute approximate surface area is 166 Å². The summed E-state index contributed by atoms with van der Waals surface area (Å²) in [5, 5.41) is 9.74. The summed E-state index contributed by atoms with van der Waals surface area (Å²) in [4.78, 5) is 11.4. The van der Waals surface area contributed by atoms with Crippen molar-refractivity contribution >= 4 is 69.7 Å². The molecule has 0 atom stereocenters. The van der Waals surface area contributed by atoms with Crippen molar-refractivity contribution in [2.75, 3.05) is 7.11 Å². The third-order valence-electron chi connectivity index (χ3n) is 2.84. The zero-order valence-electron chi connectivity index (χ0n) is 11.7. The Bertz CT molecular complexity index is 715. The first-order chi connectivity index (χ1) is 10.8. The number of phenols is 1. The number of carbonyl (C=O) groups excluding carboxylic acids is 1. The number of aromatic hydroxyl groups is 1. The lowest BCUT2D eigenvalue weighted by Crippen LogP contribution is -2.04. The Hall–Kier alpha value is -0.570. The van der Waals surface area contributed by atoms with Gasteiger partial charge in [-0.15, -0.1) is 0 Å². The molecule has 0 aliphatic heterocycles. The Morgan fingerprint density at radius 2 is 1.52 bits per heavy atom. The van der Waals surface area contributed by atoms with Crippen LogP contribution in [0.4, 0.5) is 0 Å². The SMILES string of the molecule is COC(=O)Cc1cc(Br)c(Oc2cc(Br)c(O)c(Br)c2)c(Br)c1. The number of esters is 1. The zero-order chi connectivity index (χ0) is 17.1. The number of hydrogen-bond acceptors (Lipinski definition) is 4. The average molecular weight is 574 g/mol. The van der Waals surface area contributed by atoms with Crippen LogP contribution in [0.3, 0.4) is 0 Å². The molecule has 0 fully saturated rings. The van der Waals surface area contributed by atoms with E-state index in [0.29, 0.717) is 29.4 Å². The quantitative estimate of drug-likeness (QED) is 0.460. The number of hydrogen-bond donors (Lipinski definition) is 1. The largest absolute Gasteiger partial charge is 0.506 e. The van der Waals surface area contributed by atoms with Crippen LogP contribution in [0.1, 0.15) is 5.56 Å². The number of methoxy groups -OCH3 is 1. The number of rotatable bonds is 4. The van der Waals surface area contributed by atoms with Crippen molar-refractivity contribution in [2.45, 2.75) is 6.42 Å². The fourth-order valence-electron chi connectivity index (χ4n) is 1.77. The first kappa shape index (κ1) is 18.8. The van der Waals surface area contributed by atoms with Gasteiger partial charge in [-0.2, -0.15) is 0 Å². The van der Waals surface area contributed by atoms with Gasteiger partial charge < -0.3 is 14.6 Å². The highest BCUT2D eigenvalue weighted by atomic mass is 79.9. The molecule has 0 aliphatic carbocycles. The van der Waals surface area contributed by atoms with Crippen molar-refractivity contribution in [3.8, 4) is 17.2 Å². The van der Waals surface area contributed by atoms with Crippen LogP contribution >= 0.6 is 63.7 Å². The molecule has 4 nitrogen and oxygen atoms in total. The number of halogens is 4. The van der Waals surface area contributed by atoms with E-state index in [1.807, 2.05) is 0 Å². The van der Waals surface area contributed by atoms with Gasteiger partial charge >= 0.3 is 5.97 Å². The normalized spacial score (nSPS) is 10.5. The number of benzene rings is 2. The molecule has 0 radical (unpaired) electrons. The first-order valence-electron chi connectivity index (χ1n) is 6.22. The lowest BCUT2D eigenvalue weighted by molar-refractivity contribution is -0.139. The molecular weight excluding hydrogens is 564 g/mol.